The van der Waals surface area contributed by atoms with E-state index in [0.717, 1.165) is 49.3 Å². The summed E-state index contributed by atoms with van der Waals surface area (Å²) in [5.41, 5.74) is 2.36. The van der Waals surface area contributed by atoms with E-state index in [2.05, 4.69) is 25.9 Å². The van der Waals surface area contributed by atoms with Gasteiger partial charge in [0, 0.05) is 49.4 Å². The normalized spacial score (nSPS) is 15.4. The van der Waals surface area contributed by atoms with Crippen LogP contribution in [0.15, 0.2) is 79.0 Å². The van der Waals surface area contributed by atoms with Crippen molar-refractivity contribution in [2.45, 2.75) is 25.9 Å². The number of amides is 3. The van der Waals surface area contributed by atoms with Crippen LogP contribution in [0.5, 0.6) is 11.5 Å². The van der Waals surface area contributed by atoms with E-state index < -0.39 is 0 Å². The fourth-order valence-corrected chi connectivity index (χ4v) is 4.54. The van der Waals surface area contributed by atoms with Crippen LogP contribution in [0, 0.1) is 0 Å². The molecule has 0 spiro atoms. The molecule has 0 saturated carbocycles. The summed E-state index contributed by atoms with van der Waals surface area (Å²) < 4.78 is 7.76. The number of ether oxygens (including phenoxy) is 1. The zero-order valence-corrected chi connectivity index (χ0v) is 20.7. The number of carbonyl (C=O) groups is 2. The Bertz CT molecular complexity index is 1370. The van der Waals surface area contributed by atoms with Gasteiger partial charge in [-0.25, -0.2) is 4.79 Å². The number of likely N-dealkylation sites (tertiary alicyclic amines) is 1. The van der Waals surface area contributed by atoms with E-state index in [9.17, 15) is 9.59 Å². The van der Waals surface area contributed by atoms with Crippen LogP contribution in [0.1, 0.15) is 13.3 Å². The summed E-state index contributed by atoms with van der Waals surface area (Å²) in [4.78, 5) is 26.2. The van der Waals surface area contributed by atoms with Crippen molar-refractivity contribution in [3.8, 4) is 11.5 Å². The first-order valence-corrected chi connectivity index (χ1v) is 12.4. The van der Waals surface area contributed by atoms with Gasteiger partial charge in [0.2, 0.25) is 5.91 Å². The summed E-state index contributed by atoms with van der Waals surface area (Å²) in [6.07, 6.45) is 2.79. The van der Waals surface area contributed by atoms with Crippen LogP contribution >= 0.6 is 0 Å². The van der Waals surface area contributed by atoms with Crippen LogP contribution in [-0.4, -0.2) is 52.3 Å². The van der Waals surface area contributed by atoms with E-state index in [-0.39, 0.29) is 18.0 Å². The van der Waals surface area contributed by atoms with Crippen LogP contribution in [-0.2, 0) is 11.3 Å². The molecule has 3 aromatic carbocycles. The number of nitrogens with zero attached hydrogens (tertiary/aromatic N) is 3. The van der Waals surface area contributed by atoms with Crippen molar-refractivity contribution < 1.29 is 14.3 Å². The van der Waals surface area contributed by atoms with Crippen LogP contribution in [0.3, 0.4) is 0 Å². The van der Waals surface area contributed by atoms with Crippen molar-refractivity contribution >= 4 is 34.2 Å². The first-order valence-electron chi connectivity index (χ1n) is 12.4. The average molecular weight is 499 g/mol. The second-order valence-corrected chi connectivity index (χ2v) is 9.15. The number of carbonyl (C=O) groups excluding carboxylic acids is 2. The van der Waals surface area contributed by atoms with E-state index >= 15 is 0 Å². The molecule has 1 atom stereocenters. The Morgan fingerprint density at radius 2 is 1.68 bits per heavy atom. The summed E-state index contributed by atoms with van der Waals surface area (Å²) in [5.74, 6) is 1.47. The molecule has 0 aliphatic carbocycles. The quantitative estimate of drug-likeness (QED) is 0.327. The van der Waals surface area contributed by atoms with Crippen LogP contribution in [0.25, 0.3) is 10.9 Å². The summed E-state index contributed by atoms with van der Waals surface area (Å²) in [5, 5.41) is 14.2. The van der Waals surface area contributed by atoms with Crippen molar-refractivity contribution in [3.05, 3.63) is 79.0 Å². The highest BCUT2D eigenvalue weighted by atomic mass is 16.5. The van der Waals surface area contributed by atoms with E-state index in [4.69, 9.17) is 4.74 Å². The number of hydrogen-bond acceptors (Lipinski definition) is 5. The second kappa shape index (κ2) is 11.1. The van der Waals surface area contributed by atoms with Gasteiger partial charge < -0.3 is 20.7 Å². The highest BCUT2D eigenvalue weighted by Gasteiger charge is 2.22. The topological polar surface area (TPSA) is 101 Å². The van der Waals surface area contributed by atoms with Gasteiger partial charge >= 0.3 is 6.03 Å². The summed E-state index contributed by atoms with van der Waals surface area (Å²) in [6.45, 7) is 5.02. The van der Waals surface area contributed by atoms with Gasteiger partial charge in [0.1, 0.15) is 11.5 Å². The summed E-state index contributed by atoms with van der Waals surface area (Å²) in [7, 11) is 0. The number of para-hydroxylation sites is 1. The van der Waals surface area contributed by atoms with Gasteiger partial charge in [0.15, 0.2) is 0 Å². The third-order valence-electron chi connectivity index (χ3n) is 6.30. The molecule has 3 N–H and O–H groups in total. The summed E-state index contributed by atoms with van der Waals surface area (Å²) in [6, 6.07) is 22.4. The zero-order valence-electron chi connectivity index (χ0n) is 20.7. The molecule has 1 saturated heterocycles. The highest BCUT2D eigenvalue weighted by molar-refractivity contribution is 6.01. The lowest BCUT2D eigenvalue weighted by molar-refractivity contribution is -0.119. The van der Waals surface area contributed by atoms with Crippen LogP contribution < -0.4 is 20.7 Å². The molecule has 37 heavy (non-hydrogen) atoms. The van der Waals surface area contributed by atoms with Crippen LogP contribution in [0.2, 0.25) is 0 Å². The Balaban J connectivity index is 1.13. The van der Waals surface area contributed by atoms with Gasteiger partial charge in [-0.3, -0.25) is 14.4 Å². The molecule has 190 valence electrons. The maximum absolute atomic E-state index is 12.5. The minimum absolute atomic E-state index is 0.0226. The first kappa shape index (κ1) is 24.3. The molecule has 5 rings (SSSR count). The fraction of sp³-hybridized carbons (Fsp3) is 0.250. The number of fused-ring (bicyclic) bond motifs is 1. The van der Waals surface area contributed by atoms with Crippen molar-refractivity contribution in [2.24, 2.45) is 0 Å². The maximum atomic E-state index is 12.5. The fourth-order valence-electron chi connectivity index (χ4n) is 4.54. The molecule has 4 aromatic rings. The van der Waals surface area contributed by atoms with Crippen molar-refractivity contribution in [3.63, 3.8) is 0 Å². The number of benzene rings is 3. The lowest BCUT2D eigenvalue weighted by Crippen LogP contribution is -2.36. The van der Waals surface area contributed by atoms with E-state index in [1.807, 2.05) is 71.5 Å². The van der Waals surface area contributed by atoms with E-state index in [1.54, 1.807) is 19.1 Å². The van der Waals surface area contributed by atoms with Gasteiger partial charge in [-0.05, 0) is 61.0 Å². The van der Waals surface area contributed by atoms with Gasteiger partial charge in [0.05, 0.1) is 18.3 Å². The van der Waals surface area contributed by atoms with E-state index in [1.165, 1.54) is 0 Å². The standard InChI is InChI=1S/C28H30N6O3/c1-20(35)30-24-13-14-33(19-24)15-16-34-27-12-9-23(17-21(27)18-29-34)32-28(36)31-22-7-10-26(11-8-22)37-25-5-3-2-4-6-25/h2-12,17-18,24H,13-16,19H2,1H3,(H,30,35)(H2,31,32,36)/t24-/m1/s1. The lowest BCUT2D eigenvalue weighted by atomic mass is 10.2. The molecule has 0 radical (unpaired) electrons. The van der Waals surface area contributed by atoms with Gasteiger partial charge in [-0.1, -0.05) is 18.2 Å². The summed E-state index contributed by atoms with van der Waals surface area (Å²) >= 11 is 0. The predicted molar refractivity (Wildman–Crippen MR) is 144 cm³/mol. The molecule has 1 aliphatic heterocycles. The highest BCUT2D eigenvalue weighted by Crippen LogP contribution is 2.23. The number of rotatable bonds is 8. The molecular formula is C28H30N6O3. The van der Waals surface area contributed by atoms with Gasteiger partial charge in [-0.15, -0.1) is 0 Å². The number of anilines is 2. The number of aromatic nitrogens is 2. The second-order valence-electron chi connectivity index (χ2n) is 9.15. The Morgan fingerprint density at radius 1 is 0.946 bits per heavy atom. The van der Waals surface area contributed by atoms with Gasteiger partial charge in [-0.2, -0.15) is 5.10 Å². The van der Waals surface area contributed by atoms with Crippen molar-refractivity contribution in [2.75, 3.05) is 30.3 Å². The van der Waals surface area contributed by atoms with Gasteiger partial charge in [0.25, 0.3) is 0 Å². The molecule has 1 aliphatic rings. The molecule has 2 heterocycles. The molecule has 0 bridgehead atoms. The lowest BCUT2D eigenvalue weighted by Gasteiger charge is -2.16. The number of urea groups is 1. The predicted octanol–water partition coefficient (Wildman–Crippen LogP) is 4.68. The largest absolute Gasteiger partial charge is 0.457 e. The first-order chi connectivity index (χ1) is 18.0. The molecule has 1 aromatic heterocycles. The molecule has 0 unspecified atom stereocenters. The smallest absolute Gasteiger partial charge is 0.323 e. The van der Waals surface area contributed by atoms with E-state index in [0.29, 0.717) is 17.1 Å². The minimum Gasteiger partial charge on any atom is -0.457 e. The Hall–Kier alpha value is -4.37. The zero-order chi connectivity index (χ0) is 25.6. The monoisotopic (exact) mass is 498 g/mol. The molecule has 9 nitrogen and oxygen atoms in total. The van der Waals surface area contributed by atoms with Crippen molar-refractivity contribution in [1.29, 1.82) is 0 Å². The average Bonchev–Trinajstić information content (AvgIpc) is 3.50. The molecular weight excluding hydrogens is 468 g/mol. The number of nitrogens with one attached hydrogen (secondary N) is 3. The molecule has 3 amide bonds. The Labute approximate surface area is 215 Å². The van der Waals surface area contributed by atoms with Crippen LogP contribution in [0.4, 0.5) is 16.2 Å². The Kier molecular flexibility index (Phi) is 7.32. The number of hydrogen-bond donors (Lipinski definition) is 3. The third kappa shape index (κ3) is 6.45. The molecule has 1 fully saturated rings. The minimum atomic E-state index is -0.328. The maximum Gasteiger partial charge on any atom is 0.323 e. The SMILES string of the molecule is CC(=O)N[C@@H]1CCN(CCn2ncc3cc(NC(=O)Nc4ccc(Oc5ccccc5)cc4)ccc32)C1. The third-order valence-corrected chi connectivity index (χ3v) is 6.30. The Morgan fingerprint density at radius 3 is 2.46 bits per heavy atom. The van der Waals surface area contributed by atoms with Crippen molar-refractivity contribution in [1.82, 2.24) is 20.0 Å². The molecule has 9 heteroatoms.